The Morgan fingerprint density at radius 2 is 0.811 bits per heavy atom. The van der Waals surface area contributed by atoms with Crippen molar-refractivity contribution in [1.82, 2.24) is 10.6 Å². The lowest BCUT2D eigenvalue weighted by Crippen LogP contribution is -2.58. The van der Waals surface area contributed by atoms with Crippen molar-refractivity contribution in [3.63, 3.8) is 0 Å². The molecular weight excluding hydrogens is 657 g/mol. The van der Waals surface area contributed by atoms with Crippen LogP contribution in [0.2, 0.25) is 0 Å². The van der Waals surface area contributed by atoms with E-state index in [1.54, 1.807) is 0 Å². The third kappa shape index (κ3) is 9.50. The number of benzene rings is 4. The fourth-order valence-corrected chi connectivity index (χ4v) is 9.01. The van der Waals surface area contributed by atoms with Gasteiger partial charge in [0, 0.05) is 0 Å². The first-order chi connectivity index (χ1) is 25.0. The molecule has 0 fully saturated rings. The molecule has 2 atom stereocenters. The van der Waals surface area contributed by atoms with Gasteiger partial charge in [-0.25, -0.2) is 0 Å². The van der Waals surface area contributed by atoms with E-state index >= 15 is 9.59 Å². The summed E-state index contributed by atoms with van der Waals surface area (Å²) in [6, 6.07) is 26.6. The second kappa shape index (κ2) is 17.6. The van der Waals surface area contributed by atoms with Gasteiger partial charge in [0.15, 0.2) is 0 Å². The Bertz CT molecular complexity index is 1660. The summed E-state index contributed by atoms with van der Waals surface area (Å²) >= 11 is 0. The molecule has 0 saturated heterocycles. The molecule has 0 aliphatic heterocycles. The molecule has 6 nitrogen and oxygen atoms in total. The Morgan fingerprint density at radius 1 is 0.509 bits per heavy atom. The maximum Gasteiger partial charge on any atom is 0.236 e. The first-order valence-electron chi connectivity index (χ1n) is 20.0. The molecular formula is C47H66N2O4. The summed E-state index contributed by atoms with van der Waals surface area (Å²) in [7, 11) is 0. The zero-order chi connectivity index (χ0) is 39.1. The molecule has 4 N–H and O–H groups in total. The molecule has 0 bridgehead atoms. The second-order valence-corrected chi connectivity index (χ2v) is 17.3. The molecule has 0 radical (unpaired) electrons. The van der Waals surface area contributed by atoms with Gasteiger partial charge < -0.3 is 20.8 Å². The fourth-order valence-electron chi connectivity index (χ4n) is 9.01. The van der Waals surface area contributed by atoms with Gasteiger partial charge in [0.05, 0.1) is 23.3 Å². The van der Waals surface area contributed by atoms with Crippen LogP contribution < -0.4 is 10.6 Å². The largest absolute Gasteiger partial charge is 0.387 e. The van der Waals surface area contributed by atoms with Gasteiger partial charge in [-0.15, -0.1) is 0 Å². The van der Waals surface area contributed by atoms with Gasteiger partial charge >= 0.3 is 0 Å². The summed E-state index contributed by atoms with van der Waals surface area (Å²) in [6.45, 7) is 20.5. The van der Waals surface area contributed by atoms with E-state index in [4.69, 9.17) is 0 Å². The van der Waals surface area contributed by atoms with E-state index in [0.29, 0.717) is 25.7 Å². The average Bonchev–Trinajstić information content (AvgIpc) is 3.08. The first-order valence-corrected chi connectivity index (χ1v) is 20.0. The predicted octanol–water partition coefficient (Wildman–Crippen LogP) is 10.5. The SMILES string of the molecule is CCC(CC)(C(=O)N[C@@H](c1cccc2ccccc12)C(O)(CC(C)C)CC(C)C)C(=O)N[C@@H](c1cccc2ccccc12)C(O)(CC(C)C)CC(C)C. The van der Waals surface area contributed by atoms with Crippen LogP contribution in [0.4, 0.5) is 0 Å². The number of rotatable bonds is 18. The van der Waals surface area contributed by atoms with Crippen molar-refractivity contribution < 1.29 is 19.8 Å². The Hall–Kier alpha value is -3.74. The van der Waals surface area contributed by atoms with E-state index in [9.17, 15) is 10.2 Å². The highest BCUT2D eigenvalue weighted by molar-refractivity contribution is 6.05. The van der Waals surface area contributed by atoms with E-state index in [2.05, 4.69) is 66.0 Å². The molecule has 4 aromatic rings. The molecule has 0 heterocycles. The Morgan fingerprint density at radius 3 is 1.11 bits per heavy atom. The highest BCUT2D eigenvalue weighted by Crippen LogP contribution is 2.43. The molecule has 6 heteroatoms. The zero-order valence-electron chi connectivity index (χ0n) is 34.0. The quantitative estimate of drug-likeness (QED) is 0.0769. The van der Waals surface area contributed by atoms with E-state index in [1.165, 1.54) is 0 Å². The zero-order valence-corrected chi connectivity index (χ0v) is 34.0. The van der Waals surface area contributed by atoms with Gasteiger partial charge in [-0.05, 0) is 94.9 Å². The van der Waals surface area contributed by atoms with Gasteiger partial charge in [-0.3, -0.25) is 9.59 Å². The highest BCUT2D eigenvalue weighted by atomic mass is 16.3. The van der Waals surface area contributed by atoms with Gasteiger partial charge in [-0.1, -0.05) is 154 Å². The average molecular weight is 723 g/mol. The van der Waals surface area contributed by atoms with Gasteiger partial charge in [0.25, 0.3) is 0 Å². The third-order valence-electron chi connectivity index (χ3n) is 11.0. The monoisotopic (exact) mass is 723 g/mol. The molecule has 0 unspecified atom stereocenters. The number of carbonyl (C=O) groups excluding carboxylic acids is 2. The van der Waals surface area contributed by atoms with E-state index in [-0.39, 0.29) is 36.5 Å². The van der Waals surface area contributed by atoms with Crippen LogP contribution in [0.1, 0.15) is 131 Å². The number of amides is 2. The molecule has 4 aromatic carbocycles. The van der Waals surface area contributed by atoms with Crippen LogP contribution in [0.15, 0.2) is 84.9 Å². The minimum atomic E-state index is -1.47. The third-order valence-corrected chi connectivity index (χ3v) is 11.0. The van der Waals surface area contributed by atoms with Crippen LogP contribution in [0.25, 0.3) is 21.5 Å². The van der Waals surface area contributed by atoms with E-state index in [1.807, 2.05) is 98.8 Å². The lowest BCUT2D eigenvalue weighted by Gasteiger charge is -2.43. The molecule has 288 valence electrons. The summed E-state index contributed by atoms with van der Waals surface area (Å²) in [6.07, 6.45) is 2.36. The van der Waals surface area contributed by atoms with Crippen molar-refractivity contribution in [1.29, 1.82) is 0 Å². The standard InChI is InChI=1S/C47H66N2O4/c1-11-45(12-2,43(50)48-41(46(52,27-31(3)4)28-32(5)6)39-25-17-21-35-19-13-15-23-37(35)39)44(51)49-42(47(53,29-33(7)8)30-34(9)10)40-26-18-22-36-20-14-16-24-38(36)40/h13-26,31-34,41-42,52-53H,11-12,27-30H2,1-10H3,(H,48,50)(H,49,51)/t41-,42-/m0/s1. The summed E-state index contributed by atoms with van der Waals surface area (Å²) in [5.74, 6) is -0.230. The molecule has 4 rings (SSSR count). The predicted molar refractivity (Wildman–Crippen MR) is 220 cm³/mol. The molecule has 0 saturated carbocycles. The van der Waals surface area contributed by atoms with Gasteiger partial charge in [0.1, 0.15) is 5.41 Å². The smallest absolute Gasteiger partial charge is 0.236 e. The molecule has 0 aliphatic rings. The van der Waals surface area contributed by atoms with Crippen molar-refractivity contribution in [2.75, 3.05) is 0 Å². The van der Waals surface area contributed by atoms with Crippen molar-refractivity contribution in [3.8, 4) is 0 Å². The van der Waals surface area contributed by atoms with E-state index < -0.39 is 40.5 Å². The molecule has 0 spiro atoms. The van der Waals surface area contributed by atoms with E-state index in [0.717, 1.165) is 32.7 Å². The maximum atomic E-state index is 15.1. The van der Waals surface area contributed by atoms with Gasteiger partial charge in [0.2, 0.25) is 11.8 Å². The summed E-state index contributed by atoms with van der Waals surface area (Å²) in [5.41, 5.74) is -2.38. The number of aliphatic hydroxyl groups is 2. The molecule has 2 amide bonds. The first kappa shape index (κ1) is 42.0. The molecule has 0 aliphatic carbocycles. The minimum Gasteiger partial charge on any atom is -0.387 e. The lowest BCUT2D eigenvalue weighted by molar-refractivity contribution is -0.149. The highest BCUT2D eigenvalue weighted by Gasteiger charge is 2.50. The van der Waals surface area contributed by atoms with Crippen LogP contribution in [0.3, 0.4) is 0 Å². The topological polar surface area (TPSA) is 98.7 Å². The Labute approximate surface area is 319 Å². The normalized spacial score (nSPS) is 14.0. The summed E-state index contributed by atoms with van der Waals surface area (Å²) < 4.78 is 0. The van der Waals surface area contributed by atoms with Crippen molar-refractivity contribution in [2.45, 2.75) is 131 Å². The maximum absolute atomic E-state index is 15.1. The molecule has 0 aromatic heterocycles. The number of hydrogen-bond donors (Lipinski definition) is 4. The number of fused-ring (bicyclic) bond motifs is 2. The summed E-state index contributed by atoms with van der Waals surface area (Å²) in [4.78, 5) is 30.2. The van der Waals surface area contributed by atoms with Gasteiger partial charge in [-0.2, -0.15) is 0 Å². The van der Waals surface area contributed by atoms with Crippen LogP contribution in [-0.4, -0.2) is 33.2 Å². The van der Waals surface area contributed by atoms with Crippen molar-refractivity contribution >= 4 is 33.4 Å². The van der Waals surface area contributed by atoms with Crippen LogP contribution in [-0.2, 0) is 9.59 Å². The Balaban J connectivity index is 1.87. The number of hydrogen-bond acceptors (Lipinski definition) is 4. The second-order valence-electron chi connectivity index (χ2n) is 17.3. The van der Waals surface area contributed by atoms with Crippen LogP contribution >= 0.6 is 0 Å². The minimum absolute atomic E-state index is 0.152. The van der Waals surface area contributed by atoms with Crippen molar-refractivity contribution in [2.24, 2.45) is 29.1 Å². The summed E-state index contributed by atoms with van der Waals surface area (Å²) in [5, 5.41) is 36.1. The Kier molecular flexibility index (Phi) is 13.9. The van der Waals surface area contributed by atoms with Crippen LogP contribution in [0, 0.1) is 29.1 Å². The number of nitrogens with one attached hydrogen (secondary N) is 2. The van der Waals surface area contributed by atoms with Crippen LogP contribution in [0.5, 0.6) is 0 Å². The lowest BCUT2D eigenvalue weighted by atomic mass is 9.73. The fraction of sp³-hybridized carbons (Fsp3) is 0.532. The van der Waals surface area contributed by atoms with Crippen molar-refractivity contribution in [3.05, 3.63) is 96.1 Å². The molecule has 53 heavy (non-hydrogen) atoms. The number of carbonyl (C=O) groups is 2.